The Morgan fingerprint density at radius 2 is 1.90 bits per heavy atom. The van der Waals surface area contributed by atoms with E-state index in [1.165, 1.54) is 38.5 Å². The maximum absolute atomic E-state index is 10.7. The maximum atomic E-state index is 10.7. The number of carboxylic acids is 1. The van der Waals surface area contributed by atoms with Gasteiger partial charge in [0.05, 0.1) is 6.42 Å². The van der Waals surface area contributed by atoms with Crippen molar-refractivity contribution in [1.29, 1.82) is 0 Å². The number of thiazole rings is 1. The average Bonchev–Trinajstić information content (AvgIpc) is 2.94. The smallest absolute Gasteiger partial charge is 0.305 e. The molecular formula is C15H26N2O2S. The van der Waals surface area contributed by atoms with E-state index in [1.54, 1.807) is 17.5 Å². The van der Waals surface area contributed by atoms with Gasteiger partial charge in [0.25, 0.3) is 0 Å². The van der Waals surface area contributed by atoms with Gasteiger partial charge in [-0.2, -0.15) is 0 Å². The fraction of sp³-hybridized carbons (Fsp3) is 0.733. The van der Waals surface area contributed by atoms with Crippen LogP contribution >= 0.6 is 11.3 Å². The molecule has 0 saturated heterocycles. The van der Waals surface area contributed by atoms with Gasteiger partial charge in [-0.3, -0.25) is 4.79 Å². The number of aromatic nitrogens is 1. The quantitative estimate of drug-likeness (QED) is 0.588. The number of hydrogen-bond donors (Lipinski definition) is 1. The molecule has 0 radical (unpaired) electrons. The molecule has 0 spiro atoms. The van der Waals surface area contributed by atoms with E-state index in [0.717, 1.165) is 18.1 Å². The molecular weight excluding hydrogens is 272 g/mol. The number of rotatable bonds is 12. The lowest BCUT2D eigenvalue weighted by Gasteiger charge is -2.20. The normalized spacial score (nSPS) is 10.7. The summed E-state index contributed by atoms with van der Waals surface area (Å²) in [6.45, 7) is 3.70. The van der Waals surface area contributed by atoms with Crippen molar-refractivity contribution in [3.63, 3.8) is 0 Å². The summed E-state index contributed by atoms with van der Waals surface area (Å²) in [6.07, 6.45) is 10.9. The number of hydrogen-bond acceptors (Lipinski definition) is 4. The molecule has 0 aromatic carbocycles. The third-order valence-corrected chi connectivity index (χ3v) is 4.15. The van der Waals surface area contributed by atoms with Gasteiger partial charge in [0, 0.05) is 24.7 Å². The second-order valence-electron chi connectivity index (χ2n) is 5.07. The summed E-state index contributed by atoms with van der Waals surface area (Å²) >= 11 is 1.58. The number of aliphatic carboxylic acids is 1. The molecule has 0 unspecified atom stereocenters. The van der Waals surface area contributed by atoms with Crippen LogP contribution in [0.2, 0.25) is 0 Å². The number of anilines is 1. The lowest BCUT2D eigenvalue weighted by Crippen LogP contribution is -2.27. The Morgan fingerprint density at radius 1 is 1.20 bits per heavy atom. The van der Waals surface area contributed by atoms with Crippen molar-refractivity contribution < 1.29 is 9.90 Å². The largest absolute Gasteiger partial charge is 0.481 e. The molecule has 0 aliphatic rings. The fourth-order valence-corrected chi connectivity index (χ4v) is 2.86. The lowest BCUT2D eigenvalue weighted by atomic mass is 10.1. The first-order valence-corrected chi connectivity index (χ1v) is 8.48. The molecule has 0 atom stereocenters. The van der Waals surface area contributed by atoms with Crippen molar-refractivity contribution in [3.8, 4) is 0 Å². The van der Waals surface area contributed by atoms with Crippen LogP contribution in [0, 0.1) is 0 Å². The van der Waals surface area contributed by atoms with Crippen LogP contribution in [0.25, 0.3) is 0 Å². The molecule has 0 aliphatic heterocycles. The SMILES string of the molecule is CCCCCCCCCN(CCC(=O)O)c1nccs1. The van der Waals surface area contributed by atoms with E-state index in [9.17, 15) is 4.79 Å². The van der Waals surface area contributed by atoms with E-state index in [2.05, 4.69) is 16.8 Å². The highest BCUT2D eigenvalue weighted by Gasteiger charge is 2.10. The molecule has 114 valence electrons. The first-order chi connectivity index (χ1) is 9.74. The van der Waals surface area contributed by atoms with Crippen molar-refractivity contribution in [2.45, 2.75) is 58.3 Å². The minimum Gasteiger partial charge on any atom is -0.481 e. The van der Waals surface area contributed by atoms with Gasteiger partial charge in [0.2, 0.25) is 0 Å². The highest BCUT2D eigenvalue weighted by atomic mass is 32.1. The van der Waals surface area contributed by atoms with Crippen LogP contribution in [0.1, 0.15) is 58.3 Å². The predicted molar refractivity (Wildman–Crippen MR) is 84.6 cm³/mol. The van der Waals surface area contributed by atoms with E-state index in [-0.39, 0.29) is 6.42 Å². The molecule has 5 heteroatoms. The van der Waals surface area contributed by atoms with Crippen LogP contribution in [0.3, 0.4) is 0 Å². The van der Waals surface area contributed by atoms with E-state index in [0.29, 0.717) is 6.54 Å². The molecule has 1 aromatic rings. The number of carbonyl (C=O) groups is 1. The predicted octanol–water partition coefficient (Wildman–Crippen LogP) is 4.17. The van der Waals surface area contributed by atoms with Crippen LogP contribution < -0.4 is 4.90 Å². The second kappa shape index (κ2) is 10.7. The third-order valence-electron chi connectivity index (χ3n) is 3.32. The van der Waals surface area contributed by atoms with E-state index in [4.69, 9.17) is 5.11 Å². The molecule has 20 heavy (non-hydrogen) atoms. The molecule has 0 bridgehead atoms. The summed E-state index contributed by atoms with van der Waals surface area (Å²) in [7, 11) is 0. The van der Waals surface area contributed by atoms with Gasteiger partial charge >= 0.3 is 5.97 Å². The summed E-state index contributed by atoms with van der Waals surface area (Å²) in [5, 5.41) is 11.7. The highest BCUT2D eigenvalue weighted by Crippen LogP contribution is 2.18. The molecule has 0 amide bonds. The first-order valence-electron chi connectivity index (χ1n) is 7.60. The zero-order valence-electron chi connectivity index (χ0n) is 12.4. The minimum atomic E-state index is -0.744. The van der Waals surface area contributed by atoms with Crippen LogP contribution in [0.5, 0.6) is 0 Å². The van der Waals surface area contributed by atoms with Crippen LogP contribution in [0.15, 0.2) is 11.6 Å². The van der Waals surface area contributed by atoms with Gasteiger partial charge in [-0.1, -0.05) is 45.4 Å². The summed E-state index contributed by atoms with van der Waals surface area (Å²) in [5.74, 6) is -0.744. The Bertz CT molecular complexity index is 355. The number of nitrogens with zero attached hydrogens (tertiary/aromatic N) is 2. The van der Waals surface area contributed by atoms with E-state index >= 15 is 0 Å². The molecule has 0 fully saturated rings. The maximum Gasteiger partial charge on any atom is 0.305 e. The highest BCUT2D eigenvalue weighted by molar-refractivity contribution is 7.13. The Hall–Kier alpha value is -1.10. The number of unbranched alkanes of at least 4 members (excludes halogenated alkanes) is 6. The van der Waals surface area contributed by atoms with Gasteiger partial charge in [0.1, 0.15) is 0 Å². The fourth-order valence-electron chi connectivity index (χ4n) is 2.17. The monoisotopic (exact) mass is 298 g/mol. The molecule has 1 rings (SSSR count). The summed E-state index contributed by atoms with van der Waals surface area (Å²) in [6, 6.07) is 0. The lowest BCUT2D eigenvalue weighted by molar-refractivity contribution is -0.136. The average molecular weight is 298 g/mol. The van der Waals surface area contributed by atoms with Crippen LogP contribution in [-0.2, 0) is 4.79 Å². The summed E-state index contributed by atoms with van der Waals surface area (Å²) in [4.78, 5) is 17.1. The molecule has 1 heterocycles. The van der Waals surface area contributed by atoms with Gasteiger partial charge in [-0.25, -0.2) is 4.98 Å². The van der Waals surface area contributed by atoms with Gasteiger partial charge in [-0.15, -0.1) is 11.3 Å². The zero-order chi connectivity index (χ0) is 14.6. The Labute approximate surface area is 125 Å². The van der Waals surface area contributed by atoms with E-state index in [1.807, 2.05) is 5.38 Å². The standard InChI is InChI=1S/C15H26N2O2S/c1-2-3-4-5-6-7-8-11-17(12-9-14(18)19)15-16-10-13-20-15/h10,13H,2-9,11-12H2,1H3,(H,18,19). The molecule has 0 saturated carbocycles. The molecule has 0 aliphatic carbocycles. The van der Waals surface area contributed by atoms with Crippen molar-refractivity contribution >= 4 is 22.4 Å². The van der Waals surface area contributed by atoms with Crippen LogP contribution in [-0.4, -0.2) is 29.1 Å². The minimum absolute atomic E-state index is 0.177. The topological polar surface area (TPSA) is 53.4 Å². The first kappa shape index (κ1) is 17.0. The third kappa shape index (κ3) is 7.48. The Balaban J connectivity index is 2.22. The van der Waals surface area contributed by atoms with Gasteiger partial charge < -0.3 is 10.0 Å². The zero-order valence-corrected chi connectivity index (χ0v) is 13.2. The number of carboxylic acid groups (broad SMARTS) is 1. The summed E-state index contributed by atoms with van der Waals surface area (Å²) in [5.41, 5.74) is 0. The van der Waals surface area contributed by atoms with Gasteiger partial charge in [-0.05, 0) is 6.42 Å². The summed E-state index contributed by atoms with van der Waals surface area (Å²) < 4.78 is 0. The van der Waals surface area contributed by atoms with Crippen molar-refractivity contribution in [2.75, 3.05) is 18.0 Å². The van der Waals surface area contributed by atoms with Crippen molar-refractivity contribution in [2.24, 2.45) is 0 Å². The van der Waals surface area contributed by atoms with Crippen molar-refractivity contribution in [1.82, 2.24) is 4.98 Å². The molecule has 1 aromatic heterocycles. The van der Waals surface area contributed by atoms with Gasteiger partial charge in [0.15, 0.2) is 5.13 Å². The Morgan fingerprint density at radius 3 is 2.50 bits per heavy atom. The van der Waals surface area contributed by atoms with Crippen molar-refractivity contribution in [3.05, 3.63) is 11.6 Å². The second-order valence-corrected chi connectivity index (χ2v) is 5.94. The van der Waals surface area contributed by atoms with E-state index < -0.39 is 5.97 Å². The van der Waals surface area contributed by atoms with Crippen LogP contribution in [0.4, 0.5) is 5.13 Å². The Kier molecular flexibility index (Phi) is 9.04. The molecule has 4 nitrogen and oxygen atoms in total. The molecule has 1 N–H and O–H groups in total.